The molecule has 2 heteroatoms. The fourth-order valence-electron chi connectivity index (χ4n) is 7.32. The largest absolute Gasteiger partial charge is 0.508 e. The third kappa shape index (κ3) is 4.08. The third-order valence-corrected chi connectivity index (χ3v) is 9.83. The summed E-state index contributed by atoms with van der Waals surface area (Å²) >= 11 is 0. The van der Waals surface area contributed by atoms with Crippen LogP contribution in [0.3, 0.4) is 0 Å². The molecule has 0 bridgehead atoms. The second-order valence-corrected chi connectivity index (χ2v) is 12.7. The van der Waals surface area contributed by atoms with Crippen LogP contribution in [0.5, 0.6) is 0 Å². The van der Waals surface area contributed by atoms with E-state index in [1.54, 1.807) is 0 Å². The van der Waals surface area contributed by atoms with Gasteiger partial charge in [0.2, 0.25) is 0 Å². The van der Waals surface area contributed by atoms with Crippen LogP contribution in [0.4, 0.5) is 0 Å². The Morgan fingerprint density at radius 1 is 0.636 bits per heavy atom. The van der Waals surface area contributed by atoms with E-state index in [2.05, 4.69) is 124 Å². The van der Waals surface area contributed by atoms with Gasteiger partial charge in [0.05, 0.1) is 0 Å². The average molecular weight is 567 g/mol. The molecule has 1 nitrogen and oxygen atoms in total. The molecule has 0 atom stereocenters. The number of allylic oxidation sites excluding steroid dienone is 4. The zero-order valence-electron chi connectivity index (χ0n) is 26.0. The molecule has 44 heavy (non-hydrogen) atoms. The van der Waals surface area contributed by atoms with Gasteiger partial charge in [0.25, 0.3) is 0 Å². The Hall–Kier alpha value is -4.82. The number of fused-ring (bicyclic) bond motifs is 6. The molecule has 7 rings (SSSR count). The predicted molar refractivity (Wildman–Crippen MR) is 190 cm³/mol. The van der Waals surface area contributed by atoms with Gasteiger partial charge in [-0.1, -0.05) is 118 Å². The van der Waals surface area contributed by atoms with Crippen LogP contribution in [0.25, 0.3) is 60.1 Å². The molecular formula is C42H35BO. The van der Waals surface area contributed by atoms with E-state index in [9.17, 15) is 5.11 Å². The standard InChI is InChI=1S/C42H35BO/c1-24(26(3)43)25(2)39(27(4)44)41-34-17-11-9-15-32(34)40(33-16-10-12-18-35(33)41)30-19-20-31-36-21-28-13-7-8-14-29(28)22-38(36)42(5,6)37(31)23-30/h7-23,44H,4H2,1-3,5-6H3/b26-24+,39-25+. The van der Waals surface area contributed by atoms with E-state index in [-0.39, 0.29) is 11.2 Å². The molecule has 2 radical (unpaired) electrons. The number of hydrogen-bond acceptors (Lipinski definition) is 1. The fraction of sp³-hybridized carbons (Fsp3) is 0.143. The lowest BCUT2D eigenvalue weighted by molar-refractivity contribution is 0.440. The van der Waals surface area contributed by atoms with Crippen molar-refractivity contribution in [2.45, 2.75) is 40.0 Å². The fourth-order valence-corrected chi connectivity index (χ4v) is 7.32. The van der Waals surface area contributed by atoms with Crippen molar-refractivity contribution in [3.63, 3.8) is 0 Å². The van der Waals surface area contributed by atoms with Crippen molar-refractivity contribution in [1.29, 1.82) is 0 Å². The van der Waals surface area contributed by atoms with E-state index >= 15 is 0 Å². The lowest BCUT2D eigenvalue weighted by Gasteiger charge is -2.24. The molecular weight excluding hydrogens is 531 g/mol. The monoisotopic (exact) mass is 566 g/mol. The Bertz CT molecular complexity index is 2200. The Labute approximate surface area is 261 Å². The van der Waals surface area contributed by atoms with Crippen LogP contribution >= 0.6 is 0 Å². The summed E-state index contributed by atoms with van der Waals surface area (Å²) in [7, 11) is 6.24. The first-order chi connectivity index (χ1) is 21.1. The maximum absolute atomic E-state index is 11.1. The maximum Gasteiger partial charge on any atom is 0.116 e. The summed E-state index contributed by atoms with van der Waals surface area (Å²) in [5.41, 5.74) is 11.9. The van der Waals surface area contributed by atoms with Crippen molar-refractivity contribution in [2.75, 3.05) is 0 Å². The first kappa shape index (κ1) is 28.0. The van der Waals surface area contributed by atoms with E-state index in [1.807, 2.05) is 20.8 Å². The Morgan fingerprint density at radius 2 is 1.16 bits per heavy atom. The van der Waals surface area contributed by atoms with Crippen molar-refractivity contribution in [2.24, 2.45) is 0 Å². The molecule has 1 N–H and O–H groups in total. The highest BCUT2D eigenvalue weighted by atomic mass is 16.3. The van der Waals surface area contributed by atoms with Crippen LogP contribution in [-0.2, 0) is 5.41 Å². The summed E-state index contributed by atoms with van der Waals surface area (Å²) in [6.45, 7) is 14.6. The minimum absolute atomic E-state index is 0.0376. The smallest absolute Gasteiger partial charge is 0.116 e. The molecule has 6 aromatic rings. The van der Waals surface area contributed by atoms with Gasteiger partial charge in [-0.05, 0) is 103 Å². The van der Waals surface area contributed by atoms with Gasteiger partial charge in [-0.2, -0.15) is 0 Å². The SMILES string of the molecule is [B]/C(C)=C(C)/C(C)=C(\C(=C)O)c1c2ccccc2c(-c2ccc3c(c2)C(C)(C)c2cc4ccccc4cc2-3)c2ccccc12. The van der Waals surface area contributed by atoms with E-state index in [0.29, 0.717) is 0 Å². The summed E-state index contributed by atoms with van der Waals surface area (Å²) in [5.74, 6) is 0.0376. The predicted octanol–water partition coefficient (Wildman–Crippen LogP) is 11.4. The van der Waals surface area contributed by atoms with Crippen LogP contribution in [0, 0.1) is 0 Å². The molecule has 0 aromatic heterocycles. The molecule has 1 aliphatic carbocycles. The molecule has 0 unspecified atom stereocenters. The number of aliphatic hydroxyl groups excluding tert-OH is 1. The highest BCUT2D eigenvalue weighted by Crippen LogP contribution is 2.52. The Morgan fingerprint density at radius 3 is 1.73 bits per heavy atom. The highest BCUT2D eigenvalue weighted by Gasteiger charge is 2.36. The number of hydrogen-bond donors (Lipinski definition) is 1. The summed E-state index contributed by atoms with van der Waals surface area (Å²) in [6.07, 6.45) is 0. The highest BCUT2D eigenvalue weighted by molar-refractivity contribution is 6.23. The molecule has 0 amide bonds. The topological polar surface area (TPSA) is 20.2 Å². The van der Waals surface area contributed by atoms with Crippen molar-refractivity contribution in [3.05, 3.63) is 149 Å². The van der Waals surface area contributed by atoms with Gasteiger partial charge in [-0.3, -0.25) is 0 Å². The summed E-state index contributed by atoms with van der Waals surface area (Å²) in [5, 5.41) is 18.0. The number of rotatable bonds is 4. The second-order valence-electron chi connectivity index (χ2n) is 12.7. The maximum atomic E-state index is 11.1. The van der Waals surface area contributed by atoms with Crippen LogP contribution in [0.15, 0.2) is 132 Å². The van der Waals surface area contributed by atoms with Crippen molar-refractivity contribution >= 4 is 45.7 Å². The molecule has 0 saturated heterocycles. The lowest BCUT2D eigenvalue weighted by atomic mass is 9.79. The third-order valence-electron chi connectivity index (χ3n) is 9.83. The van der Waals surface area contributed by atoms with Crippen LogP contribution < -0.4 is 0 Å². The number of aliphatic hydroxyl groups is 1. The van der Waals surface area contributed by atoms with Gasteiger partial charge in [0.15, 0.2) is 0 Å². The minimum atomic E-state index is -0.137. The molecule has 6 aromatic carbocycles. The van der Waals surface area contributed by atoms with Crippen LogP contribution in [0.2, 0.25) is 0 Å². The zero-order chi connectivity index (χ0) is 30.9. The van der Waals surface area contributed by atoms with E-state index in [1.165, 1.54) is 44.2 Å². The summed E-state index contributed by atoms with van der Waals surface area (Å²) < 4.78 is 0. The molecule has 1 aliphatic rings. The number of benzene rings is 6. The van der Waals surface area contributed by atoms with Gasteiger partial charge >= 0.3 is 0 Å². The normalized spacial score (nSPS) is 14.8. The molecule has 0 saturated carbocycles. The Kier molecular flexibility index (Phi) is 6.44. The van der Waals surface area contributed by atoms with Crippen LogP contribution in [-0.4, -0.2) is 13.0 Å². The van der Waals surface area contributed by atoms with Gasteiger partial charge < -0.3 is 5.11 Å². The molecule has 0 heterocycles. The van der Waals surface area contributed by atoms with Gasteiger partial charge in [-0.25, -0.2) is 0 Å². The summed E-state index contributed by atoms with van der Waals surface area (Å²) in [6, 6.07) is 37.4. The van der Waals surface area contributed by atoms with Crippen LogP contribution in [0.1, 0.15) is 51.3 Å². The Balaban J connectivity index is 1.54. The zero-order valence-corrected chi connectivity index (χ0v) is 26.0. The van der Waals surface area contributed by atoms with E-state index < -0.39 is 0 Å². The minimum Gasteiger partial charge on any atom is -0.508 e. The molecule has 0 fully saturated rings. The van der Waals surface area contributed by atoms with Crippen molar-refractivity contribution < 1.29 is 5.11 Å². The second kappa shape index (κ2) is 10.1. The van der Waals surface area contributed by atoms with Gasteiger partial charge in [0.1, 0.15) is 13.6 Å². The van der Waals surface area contributed by atoms with E-state index in [4.69, 9.17) is 7.85 Å². The van der Waals surface area contributed by atoms with Crippen molar-refractivity contribution in [1.82, 2.24) is 0 Å². The molecule has 0 aliphatic heterocycles. The van der Waals surface area contributed by atoms with Gasteiger partial charge in [-0.15, -0.1) is 5.47 Å². The quantitative estimate of drug-likeness (QED) is 0.0974. The van der Waals surface area contributed by atoms with Crippen molar-refractivity contribution in [3.8, 4) is 22.3 Å². The molecule has 212 valence electrons. The first-order valence-corrected chi connectivity index (χ1v) is 15.2. The summed E-state index contributed by atoms with van der Waals surface area (Å²) in [4.78, 5) is 0. The lowest BCUT2D eigenvalue weighted by Crippen LogP contribution is -2.15. The van der Waals surface area contributed by atoms with E-state index in [0.717, 1.165) is 49.3 Å². The van der Waals surface area contributed by atoms with Gasteiger partial charge in [0, 0.05) is 16.6 Å². The molecule has 0 spiro atoms. The average Bonchev–Trinajstić information content (AvgIpc) is 3.24. The first-order valence-electron chi connectivity index (χ1n) is 15.2.